The van der Waals surface area contributed by atoms with E-state index in [1.165, 1.54) is 13.5 Å². The lowest BCUT2D eigenvalue weighted by Crippen LogP contribution is -2.39. The van der Waals surface area contributed by atoms with Crippen LogP contribution in [0.2, 0.25) is 0 Å². The molecule has 12 heavy (non-hydrogen) atoms. The number of methoxy groups -OCH3 is 1. The Kier molecular flexibility index (Phi) is 4.57. The van der Waals surface area contributed by atoms with Crippen molar-refractivity contribution in [3.8, 4) is 0 Å². The summed E-state index contributed by atoms with van der Waals surface area (Å²) in [6, 6.07) is 0. The fourth-order valence-electron chi connectivity index (χ4n) is 1.51. The van der Waals surface area contributed by atoms with Crippen LogP contribution in [0, 0.1) is 5.41 Å². The summed E-state index contributed by atoms with van der Waals surface area (Å²) < 4.78 is 4.59. The highest BCUT2D eigenvalue weighted by atomic mass is 35.5. The second-order valence-electron chi connectivity index (χ2n) is 3.31. The molecule has 2 N–H and O–H groups in total. The number of ether oxygens (including phenoxy) is 1. The molecule has 72 valence electrons. The van der Waals surface area contributed by atoms with Gasteiger partial charge in [-0.25, -0.2) is 0 Å². The zero-order valence-electron chi connectivity index (χ0n) is 7.34. The maximum absolute atomic E-state index is 10.9. The molecule has 1 rings (SSSR count). The van der Waals surface area contributed by atoms with Crippen LogP contribution in [-0.2, 0) is 9.53 Å². The number of carbonyl (C=O) groups is 1. The molecule has 3 nitrogen and oxygen atoms in total. The molecule has 1 saturated carbocycles. The van der Waals surface area contributed by atoms with Gasteiger partial charge in [0.15, 0.2) is 0 Å². The molecule has 0 saturated heterocycles. The predicted octanol–water partition coefficient (Wildman–Crippen LogP) is 1.10. The van der Waals surface area contributed by atoms with E-state index in [1.807, 2.05) is 0 Å². The van der Waals surface area contributed by atoms with Crippen LogP contribution in [0.3, 0.4) is 0 Å². The molecule has 0 aromatic rings. The highest BCUT2D eigenvalue weighted by Crippen LogP contribution is 2.42. The Morgan fingerprint density at radius 1 is 1.58 bits per heavy atom. The summed E-state index contributed by atoms with van der Waals surface area (Å²) in [6.07, 6.45) is 3.87. The summed E-state index contributed by atoms with van der Waals surface area (Å²) in [4.78, 5) is 10.9. The summed E-state index contributed by atoms with van der Waals surface area (Å²) in [7, 11) is 1.42. The number of halogens is 1. The van der Waals surface area contributed by atoms with Gasteiger partial charge in [-0.15, -0.1) is 12.4 Å². The van der Waals surface area contributed by atoms with E-state index >= 15 is 0 Å². The molecule has 4 heteroatoms. The number of carbonyl (C=O) groups excluding carboxylic acids is 1. The van der Waals surface area contributed by atoms with Crippen LogP contribution in [0.15, 0.2) is 0 Å². The van der Waals surface area contributed by atoms with E-state index in [0.29, 0.717) is 13.0 Å². The van der Waals surface area contributed by atoms with Crippen LogP contribution >= 0.6 is 12.4 Å². The first kappa shape index (κ1) is 11.7. The van der Waals surface area contributed by atoms with Gasteiger partial charge in [0.1, 0.15) is 0 Å². The minimum atomic E-state index is -0.129. The fourth-order valence-corrected chi connectivity index (χ4v) is 1.51. The molecule has 0 atom stereocenters. The van der Waals surface area contributed by atoms with Gasteiger partial charge in [0, 0.05) is 0 Å². The molecular weight excluding hydrogens is 178 g/mol. The molecule has 0 aliphatic heterocycles. The third-order valence-electron chi connectivity index (χ3n) is 2.59. The third-order valence-corrected chi connectivity index (χ3v) is 2.59. The molecular formula is C8H16ClNO2. The van der Waals surface area contributed by atoms with Gasteiger partial charge in [-0.05, 0) is 24.8 Å². The SMILES string of the molecule is COC(=O)CC1(CN)CCC1.Cl. The lowest BCUT2D eigenvalue weighted by molar-refractivity contribution is -0.144. The van der Waals surface area contributed by atoms with E-state index in [-0.39, 0.29) is 23.8 Å². The lowest BCUT2D eigenvalue weighted by Gasteiger charge is -2.39. The van der Waals surface area contributed by atoms with Gasteiger partial charge in [0.2, 0.25) is 0 Å². The Hall–Kier alpha value is -0.280. The quantitative estimate of drug-likeness (QED) is 0.683. The predicted molar refractivity (Wildman–Crippen MR) is 49.2 cm³/mol. The van der Waals surface area contributed by atoms with E-state index in [4.69, 9.17) is 5.73 Å². The Labute approximate surface area is 79.1 Å². The molecule has 0 aromatic heterocycles. The molecule has 0 amide bonds. The van der Waals surface area contributed by atoms with Crippen molar-refractivity contribution in [1.29, 1.82) is 0 Å². The smallest absolute Gasteiger partial charge is 0.306 e. The van der Waals surface area contributed by atoms with E-state index in [0.717, 1.165) is 12.8 Å². The van der Waals surface area contributed by atoms with Crippen LogP contribution in [0.5, 0.6) is 0 Å². The van der Waals surface area contributed by atoms with Crippen molar-refractivity contribution in [3.63, 3.8) is 0 Å². The topological polar surface area (TPSA) is 52.3 Å². The number of rotatable bonds is 3. The summed E-state index contributed by atoms with van der Waals surface area (Å²) in [6.45, 7) is 0.613. The number of hydrogen-bond acceptors (Lipinski definition) is 3. The minimum absolute atomic E-state index is 0. The average Bonchev–Trinajstić information content (AvgIpc) is 1.96. The van der Waals surface area contributed by atoms with Crippen LogP contribution < -0.4 is 5.73 Å². The molecule has 1 aliphatic carbocycles. The summed E-state index contributed by atoms with van der Waals surface area (Å²) >= 11 is 0. The normalized spacial score (nSPS) is 18.8. The van der Waals surface area contributed by atoms with Gasteiger partial charge in [-0.3, -0.25) is 4.79 Å². The zero-order chi connectivity index (χ0) is 8.32. The van der Waals surface area contributed by atoms with Crippen molar-refractivity contribution in [2.75, 3.05) is 13.7 Å². The van der Waals surface area contributed by atoms with Gasteiger partial charge >= 0.3 is 5.97 Å². The summed E-state index contributed by atoms with van der Waals surface area (Å²) in [5.41, 5.74) is 5.65. The summed E-state index contributed by atoms with van der Waals surface area (Å²) in [5.74, 6) is -0.129. The minimum Gasteiger partial charge on any atom is -0.469 e. The van der Waals surface area contributed by atoms with Gasteiger partial charge in [-0.1, -0.05) is 6.42 Å². The third kappa shape index (κ3) is 2.35. The summed E-state index contributed by atoms with van der Waals surface area (Å²) in [5, 5.41) is 0. The van der Waals surface area contributed by atoms with Crippen molar-refractivity contribution >= 4 is 18.4 Å². The van der Waals surface area contributed by atoms with Crippen LogP contribution in [-0.4, -0.2) is 19.6 Å². The Morgan fingerprint density at radius 3 is 2.42 bits per heavy atom. The Balaban J connectivity index is 0.00000121. The monoisotopic (exact) mass is 193 g/mol. The second-order valence-corrected chi connectivity index (χ2v) is 3.31. The van der Waals surface area contributed by atoms with Crippen LogP contribution in [0.1, 0.15) is 25.7 Å². The van der Waals surface area contributed by atoms with Gasteiger partial charge in [-0.2, -0.15) is 0 Å². The molecule has 0 heterocycles. The Bertz CT molecular complexity index is 152. The van der Waals surface area contributed by atoms with Gasteiger partial charge in [0.25, 0.3) is 0 Å². The van der Waals surface area contributed by atoms with Crippen LogP contribution in [0.4, 0.5) is 0 Å². The molecule has 0 unspecified atom stereocenters. The van der Waals surface area contributed by atoms with Gasteiger partial charge in [0.05, 0.1) is 13.5 Å². The molecule has 1 aliphatic rings. The molecule has 0 aromatic carbocycles. The lowest BCUT2D eigenvalue weighted by atomic mass is 9.67. The first-order chi connectivity index (χ1) is 5.22. The number of hydrogen-bond donors (Lipinski definition) is 1. The zero-order valence-corrected chi connectivity index (χ0v) is 8.15. The van der Waals surface area contributed by atoms with E-state index in [9.17, 15) is 4.79 Å². The molecule has 1 fully saturated rings. The van der Waals surface area contributed by atoms with Gasteiger partial charge < -0.3 is 10.5 Å². The highest BCUT2D eigenvalue weighted by Gasteiger charge is 2.37. The van der Waals surface area contributed by atoms with E-state index in [1.54, 1.807) is 0 Å². The first-order valence-electron chi connectivity index (χ1n) is 3.99. The molecule has 0 bridgehead atoms. The maximum Gasteiger partial charge on any atom is 0.306 e. The average molecular weight is 194 g/mol. The second kappa shape index (κ2) is 4.67. The number of esters is 1. The van der Waals surface area contributed by atoms with E-state index in [2.05, 4.69) is 4.74 Å². The molecule has 0 spiro atoms. The largest absolute Gasteiger partial charge is 0.469 e. The highest BCUT2D eigenvalue weighted by molar-refractivity contribution is 5.85. The standard InChI is InChI=1S/C8H15NO2.ClH/c1-11-7(10)5-8(6-9)3-2-4-8;/h2-6,9H2,1H3;1H. The van der Waals surface area contributed by atoms with Crippen molar-refractivity contribution in [2.45, 2.75) is 25.7 Å². The van der Waals surface area contributed by atoms with Crippen molar-refractivity contribution in [3.05, 3.63) is 0 Å². The fraction of sp³-hybridized carbons (Fsp3) is 0.875. The first-order valence-corrected chi connectivity index (χ1v) is 3.99. The van der Waals surface area contributed by atoms with Crippen molar-refractivity contribution in [2.24, 2.45) is 11.1 Å². The van der Waals surface area contributed by atoms with E-state index < -0.39 is 0 Å². The number of nitrogens with two attached hydrogens (primary N) is 1. The van der Waals surface area contributed by atoms with Crippen molar-refractivity contribution in [1.82, 2.24) is 0 Å². The Morgan fingerprint density at radius 2 is 2.17 bits per heavy atom. The van der Waals surface area contributed by atoms with Crippen LogP contribution in [0.25, 0.3) is 0 Å². The van der Waals surface area contributed by atoms with Crippen molar-refractivity contribution < 1.29 is 9.53 Å². The maximum atomic E-state index is 10.9. The molecule has 0 radical (unpaired) electrons.